The number of halogens is 4. The Hall–Kier alpha value is -2.57. The van der Waals surface area contributed by atoms with E-state index in [0.717, 1.165) is 25.0 Å². The number of nitrogens with two attached hydrogens (primary N) is 1. The zero-order valence-electron chi connectivity index (χ0n) is 19.5. The highest BCUT2D eigenvalue weighted by atomic mass is 35.5. The summed E-state index contributed by atoms with van der Waals surface area (Å²) >= 11 is 5.73. The van der Waals surface area contributed by atoms with E-state index in [4.69, 9.17) is 21.5 Å². The van der Waals surface area contributed by atoms with Crippen LogP contribution < -0.4 is 20.1 Å². The van der Waals surface area contributed by atoms with Crippen LogP contribution in [0.5, 0.6) is 5.75 Å². The van der Waals surface area contributed by atoms with Gasteiger partial charge in [0.2, 0.25) is 10.0 Å². The van der Waals surface area contributed by atoms with Crippen molar-refractivity contribution < 1.29 is 31.1 Å². The number of carbonyl (C=O) groups excluding carboxylic acids is 1. The van der Waals surface area contributed by atoms with Crippen molar-refractivity contribution in [2.45, 2.75) is 74.3 Å². The third-order valence-corrected chi connectivity index (χ3v) is 7.67. The van der Waals surface area contributed by atoms with Crippen LogP contribution in [0.3, 0.4) is 0 Å². The molecule has 4 rings (SSSR count). The topological polar surface area (TPSA) is 115 Å². The fraction of sp³-hybridized carbons (Fsp3) is 0.478. The number of benzene rings is 1. The van der Waals surface area contributed by atoms with Gasteiger partial charge in [-0.15, -0.1) is 0 Å². The van der Waals surface area contributed by atoms with Crippen molar-refractivity contribution in [1.82, 2.24) is 10.3 Å². The summed E-state index contributed by atoms with van der Waals surface area (Å²) in [6.07, 6.45) is -0.523. The van der Waals surface area contributed by atoms with Gasteiger partial charge in [0.25, 0.3) is 5.91 Å². The van der Waals surface area contributed by atoms with Crippen LogP contribution in [0, 0.1) is 0 Å². The minimum atomic E-state index is -4.70. The Morgan fingerprint density at radius 1 is 1.17 bits per heavy atom. The Morgan fingerprint density at radius 3 is 2.33 bits per heavy atom. The summed E-state index contributed by atoms with van der Waals surface area (Å²) in [5.41, 5.74) is -2.63. The molecule has 0 spiro atoms. The summed E-state index contributed by atoms with van der Waals surface area (Å²) in [7, 11) is -3.84. The number of ether oxygens (including phenoxy) is 1. The lowest BCUT2D eigenvalue weighted by molar-refractivity contribution is -0.143. The van der Waals surface area contributed by atoms with E-state index in [9.17, 15) is 26.4 Å². The van der Waals surface area contributed by atoms with Gasteiger partial charge < -0.3 is 15.0 Å². The molecule has 2 fully saturated rings. The van der Waals surface area contributed by atoms with Crippen molar-refractivity contribution >= 4 is 33.3 Å². The molecule has 8 nitrogen and oxygen atoms in total. The molecule has 196 valence electrons. The van der Waals surface area contributed by atoms with Crippen molar-refractivity contribution in [3.05, 3.63) is 47.1 Å². The molecular weight excluding hydrogens is 521 g/mol. The van der Waals surface area contributed by atoms with Crippen LogP contribution in [0.15, 0.2) is 41.4 Å². The van der Waals surface area contributed by atoms with Crippen LogP contribution >= 0.6 is 11.6 Å². The number of primary sulfonamides is 1. The summed E-state index contributed by atoms with van der Waals surface area (Å²) in [6, 6.07) is 6.11. The molecule has 36 heavy (non-hydrogen) atoms. The molecule has 13 heteroatoms. The van der Waals surface area contributed by atoms with Crippen molar-refractivity contribution in [3.8, 4) is 5.75 Å². The number of aromatic nitrogens is 1. The standard InChI is InChI=1S/C23H26ClF3N4O4S/c1-22(2,35-19-7-3-13(24)9-18(19)23(25,26)27)21(32)30-14-10-15-4-5-16(11-14)31(15)20-8-6-17(12-29-20)36(28,33)34/h3,6-9,12,14-16H,4-5,10-11H2,1-2H3,(H,30,32)(H2,28,33,34)/t14-,15+,16-. The Morgan fingerprint density at radius 2 is 1.81 bits per heavy atom. The molecule has 2 bridgehead atoms. The zero-order chi connectivity index (χ0) is 26.5. The number of nitrogens with one attached hydrogen (secondary N) is 1. The first-order valence-electron chi connectivity index (χ1n) is 11.3. The highest BCUT2D eigenvalue weighted by Gasteiger charge is 2.44. The van der Waals surface area contributed by atoms with Gasteiger partial charge in [-0.2, -0.15) is 13.2 Å². The second-order valence-corrected chi connectivity index (χ2v) is 11.6. The number of alkyl halides is 3. The number of anilines is 1. The predicted molar refractivity (Wildman–Crippen MR) is 127 cm³/mol. The Bertz CT molecular complexity index is 1240. The number of carbonyl (C=O) groups is 1. The van der Waals surface area contributed by atoms with E-state index in [-0.39, 0.29) is 28.0 Å². The molecule has 1 aromatic carbocycles. The maximum atomic E-state index is 13.4. The molecule has 0 saturated carbocycles. The SMILES string of the molecule is CC(C)(Oc1ccc(Cl)cc1C(F)(F)F)C(=O)N[C@H]1C[C@H]2CC[C@@H](C1)N2c1ccc(S(N)(=O)=O)cn1. The number of hydrogen-bond acceptors (Lipinski definition) is 6. The Balaban J connectivity index is 1.43. The van der Waals surface area contributed by atoms with Crippen LogP contribution in [0.1, 0.15) is 45.1 Å². The first-order valence-corrected chi connectivity index (χ1v) is 13.2. The molecule has 2 aliphatic rings. The lowest BCUT2D eigenvalue weighted by atomic mass is 9.96. The average molecular weight is 547 g/mol. The minimum Gasteiger partial charge on any atom is -0.477 e. The first-order chi connectivity index (χ1) is 16.6. The number of piperidine rings is 1. The summed E-state index contributed by atoms with van der Waals surface area (Å²) in [4.78, 5) is 19.4. The van der Waals surface area contributed by atoms with E-state index in [0.29, 0.717) is 18.7 Å². The molecule has 1 aromatic heterocycles. The van der Waals surface area contributed by atoms with Gasteiger partial charge in [-0.25, -0.2) is 18.5 Å². The van der Waals surface area contributed by atoms with Crippen molar-refractivity contribution in [3.63, 3.8) is 0 Å². The van der Waals surface area contributed by atoms with Gasteiger partial charge in [-0.1, -0.05) is 11.6 Å². The number of nitrogens with zero attached hydrogens (tertiary/aromatic N) is 2. The van der Waals surface area contributed by atoms with E-state index in [1.807, 2.05) is 0 Å². The number of hydrogen-bond donors (Lipinski definition) is 2. The lowest BCUT2D eigenvalue weighted by Crippen LogP contribution is -2.55. The van der Waals surface area contributed by atoms with Gasteiger partial charge in [0, 0.05) is 29.3 Å². The van der Waals surface area contributed by atoms with Gasteiger partial charge in [-0.05, 0) is 69.9 Å². The van der Waals surface area contributed by atoms with Crippen LogP contribution in [0.2, 0.25) is 5.02 Å². The van der Waals surface area contributed by atoms with Crippen molar-refractivity contribution in [1.29, 1.82) is 0 Å². The van der Waals surface area contributed by atoms with E-state index in [2.05, 4.69) is 15.2 Å². The second-order valence-electron chi connectivity index (χ2n) is 9.58. The van der Waals surface area contributed by atoms with Gasteiger partial charge in [-0.3, -0.25) is 4.79 Å². The Labute approximate surface area is 212 Å². The molecule has 2 aliphatic heterocycles. The fourth-order valence-electron chi connectivity index (χ4n) is 4.86. The van der Waals surface area contributed by atoms with E-state index >= 15 is 0 Å². The number of sulfonamides is 1. The largest absolute Gasteiger partial charge is 0.477 e. The van der Waals surface area contributed by atoms with Crippen molar-refractivity contribution in [2.24, 2.45) is 5.14 Å². The molecule has 2 aromatic rings. The number of pyridine rings is 1. The minimum absolute atomic E-state index is 0.0685. The summed E-state index contributed by atoms with van der Waals surface area (Å²) in [5, 5.41) is 7.99. The lowest BCUT2D eigenvalue weighted by Gasteiger charge is -2.41. The van der Waals surface area contributed by atoms with E-state index < -0.39 is 39.0 Å². The quantitative estimate of drug-likeness (QED) is 0.568. The normalized spacial score (nSPS) is 22.4. The summed E-state index contributed by atoms with van der Waals surface area (Å²) < 4.78 is 68.9. The third kappa shape index (κ3) is 5.55. The molecule has 3 N–H and O–H groups in total. The van der Waals surface area contributed by atoms with Crippen molar-refractivity contribution in [2.75, 3.05) is 4.90 Å². The Kier molecular flexibility index (Phi) is 6.91. The maximum Gasteiger partial charge on any atom is 0.420 e. The number of rotatable bonds is 6. The molecule has 0 unspecified atom stereocenters. The highest BCUT2D eigenvalue weighted by Crippen LogP contribution is 2.40. The number of amides is 1. The predicted octanol–water partition coefficient (Wildman–Crippen LogP) is 3.87. The fourth-order valence-corrected chi connectivity index (χ4v) is 5.49. The van der Waals surface area contributed by atoms with Crippen LogP contribution in [0.25, 0.3) is 0 Å². The van der Waals surface area contributed by atoms with Crippen LogP contribution in [-0.4, -0.2) is 43.0 Å². The summed E-state index contributed by atoms with van der Waals surface area (Å²) in [5.74, 6) is -0.374. The molecule has 2 saturated heterocycles. The average Bonchev–Trinajstić information content (AvgIpc) is 3.04. The second kappa shape index (κ2) is 9.38. The van der Waals surface area contributed by atoms with Crippen LogP contribution in [0.4, 0.5) is 19.0 Å². The number of fused-ring (bicyclic) bond motifs is 2. The van der Waals surface area contributed by atoms with Gasteiger partial charge in [0.05, 0.1) is 5.56 Å². The third-order valence-electron chi connectivity index (χ3n) is 6.54. The molecule has 3 atom stereocenters. The maximum absolute atomic E-state index is 13.4. The summed E-state index contributed by atoms with van der Waals surface area (Å²) in [6.45, 7) is 2.83. The smallest absolute Gasteiger partial charge is 0.420 e. The zero-order valence-corrected chi connectivity index (χ0v) is 21.1. The van der Waals surface area contributed by atoms with E-state index in [1.54, 1.807) is 6.07 Å². The van der Waals surface area contributed by atoms with Gasteiger partial charge in [0.15, 0.2) is 5.60 Å². The molecular formula is C23H26ClF3N4O4S. The van der Waals surface area contributed by atoms with Gasteiger partial charge >= 0.3 is 6.18 Å². The van der Waals surface area contributed by atoms with Gasteiger partial charge in [0.1, 0.15) is 16.5 Å². The molecule has 0 aliphatic carbocycles. The first kappa shape index (κ1) is 26.5. The molecule has 0 radical (unpaired) electrons. The molecule has 3 heterocycles. The molecule has 1 amide bonds. The van der Waals surface area contributed by atoms with Crippen LogP contribution in [-0.2, 0) is 21.0 Å². The highest BCUT2D eigenvalue weighted by molar-refractivity contribution is 7.89. The van der Waals surface area contributed by atoms with E-state index in [1.165, 1.54) is 32.2 Å². The monoisotopic (exact) mass is 546 g/mol.